The molecule has 0 aromatic rings. The van der Waals surface area contributed by atoms with Crippen molar-refractivity contribution in [2.45, 2.75) is 373 Å². The van der Waals surface area contributed by atoms with Crippen LogP contribution in [0.25, 0.3) is 0 Å². The summed E-state index contributed by atoms with van der Waals surface area (Å²) >= 11 is 0. The van der Waals surface area contributed by atoms with Crippen LogP contribution < -0.4 is 5.73 Å². The van der Waals surface area contributed by atoms with E-state index >= 15 is 0 Å². The summed E-state index contributed by atoms with van der Waals surface area (Å²) in [6, 6.07) is 0. The average Bonchev–Trinajstić information content (AvgIpc) is 3.55. The maximum atomic E-state index is 12.8. The van der Waals surface area contributed by atoms with E-state index < -0.39 is 26.5 Å². The molecular weight excluding hydrogens is 1090 g/mol. The predicted octanol–water partition coefficient (Wildman–Crippen LogP) is 24.4. The van der Waals surface area contributed by atoms with Crippen molar-refractivity contribution >= 4 is 19.8 Å². The lowest BCUT2D eigenvalue weighted by Crippen LogP contribution is -2.29. The normalized spacial score (nSPS) is 13.3. The Morgan fingerprint density at radius 2 is 0.640 bits per heavy atom. The number of phosphoric acid groups is 1. The molecule has 0 amide bonds. The van der Waals surface area contributed by atoms with Gasteiger partial charge >= 0.3 is 19.8 Å². The minimum Gasteiger partial charge on any atom is -0.462 e. The molecule has 0 saturated carbocycles. The van der Waals surface area contributed by atoms with Gasteiger partial charge in [0.15, 0.2) is 6.10 Å². The van der Waals surface area contributed by atoms with E-state index in [0.717, 1.165) is 83.5 Å². The van der Waals surface area contributed by atoms with Crippen LogP contribution in [0.3, 0.4) is 0 Å². The molecular formula is C76H140NO8P. The van der Waals surface area contributed by atoms with E-state index in [9.17, 15) is 19.0 Å². The highest BCUT2D eigenvalue weighted by atomic mass is 31.2. The molecule has 86 heavy (non-hydrogen) atoms. The van der Waals surface area contributed by atoms with Gasteiger partial charge in [-0.15, -0.1) is 0 Å². The second-order valence-electron chi connectivity index (χ2n) is 24.8. The fourth-order valence-corrected chi connectivity index (χ4v) is 11.7. The first kappa shape index (κ1) is 83.5. The first-order valence-corrected chi connectivity index (χ1v) is 38.4. The third-order valence-electron chi connectivity index (χ3n) is 16.4. The van der Waals surface area contributed by atoms with Gasteiger partial charge < -0.3 is 20.1 Å². The smallest absolute Gasteiger partial charge is 0.462 e. The first-order chi connectivity index (χ1) is 42.3. The Kier molecular flexibility index (Phi) is 69.4. The molecule has 0 radical (unpaired) electrons. The van der Waals surface area contributed by atoms with Crippen molar-refractivity contribution in [2.75, 3.05) is 26.4 Å². The van der Waals surface area contributed by atoms with Gasteiger partial charge in [0.25, 0.3) is 0 Å². The molecule has 2 unspecified atom stereocenters. The van der Waals surface area contributed by atoms with Gasteiger partial charge in [0, 0.05) is 19.4 Å². The van der Waals surface area contributed by atoms with Crippen LogP contribution in [0.2, 0.25) is 0 Å². The highest BCUT2D eigenvalue weighted by molar-refractivity contribution is 7.47. The Labute approximate surface area is 532 Å². The maximum absolute atomic E-state index is 12.8. The molecule has 10 heteroatoms. The lowest BCUT2D eigenvalue weighted by Gasteiger charge is -2.19. The van der Waals surface area contributed by atoms with Crippen LogP contribution in [0, 0.1) is 0 Å². The number of rotatable bonds is 70. The summed E-state index contributed by atoms with van der Waals surface area (Å²) in [6.07, 6.45) is 94.5. The van der Waals surface area contributed by atoms with Crippen molar-refractivity contribution in [2.24, 2.45) is 5.73 Å². The van der Waals surface area contributed by atoms with Crippen LogP contribution in [0.5, 0.6) is 0 Å². The van der Waals surface area contributed by atoms with Crippen LogP contribution in [0.1, 0.15) is 367 Å². The quantitative estimate of drug-likeness (QED) is 0.0264. The monoisotopic (exact) mass is 1230 g/mol. The summed E-state index contributed by atoms with van der Waals surface area (Å²) < 4.78 is 33.2. The van der Waals surface area contributed by atoms with E-state index in [0.29, 0.717) is 6.42 Å². The van der Waals surface area contributed by atoms with Crippen LogP contribution in [0.15, 0.2) is 72.9 Å². The molecule has 502 valence electrons. The number of nitrogens with two attached hydrogens (primary N) is 1. The predicted molar refractivity (Wildman–Crippen MR) is 372 cm³/mol. The van der Waals surface area contributed by atoms with Gasteiger partial charge in [-0.3, -0.25) is 18.6 Å². The van der Waals surface area contributed by atoms with Crippen molar-refractivity contribution in [1.82, 2.24) is 0 Å². The van der Waals surface area contributed by atoms with E-state index in [1.54, 1.807) is 0 Å². The van der Waals surface area contributed by atoms with Gasteiger partial charge in [0.05, 0.1) is 13.2 Å². The standard InChI is InChI=1S/C76H140NO8P/c1-3-5-7-9-11-13-15-17-19-21-23-25-27-29-31-33-34-35-36-37-38-39-41-42-44-46-48-50-52-54-56-58-60-62-64-66-68-75(78)82-72-74(73-84-86(80,81)83-71-70-77)85-76(79)69-67-65-63-61-59-57-55-53-51-49-47-45-43-40-32-30-28-26-24-22-20-18-16-14-12-10-8-6-4-2/h6,8,12,14,18,20,24,26,30,32,43,45,74H,3-5,7,9-11,13,15-17,19,21-23,25,27-29,31,33-42,44,46-73,77H2,1-2H3,(H,80,81)/b8-6-,14-12-,20-18-,26-24-,32-30-,45-43-. The van der Waals surface area contributed by atoms with Crippen molar-refractivity contribution in [3.05, 3.63) is 72.9 Å². The molecule has 0 bridgehead atoms. The summed E-state index contributed by atoms with van der Waals surface area (Å²) in [6.45, 7) is 3.68. The molecule has 0 aromatic heterocycles. The summed E-state index contributed by atoms with van der Waals surface area (Å²) in [5, 5.41) is 0. The summed E-state index contributed by atoms with van der Waals surface area (Å²) in [7, 11) is -4.40. The van der Waals surface area contributed by atoms with Crippen LogP contribution in [-0.4, -0.2) is 49.3 Å². The number of esters is 2. The molecule has 0 saturated heterocycles. The topological polar surface area (TPSA) is 134 Å². The molecule has 0 aliphatic heterocycles. The molecule has 0 spiro atoms. The molecule has 0 heterocycles. The highest BCUT2D eigenvalue weighted by Gasteiger charge is 2.26. The van der Waals surface area contributed by atoms with Gasteiger partial charge in [0.1, 0.15) is 6.61 Å². The highest BCUT2D eigenvalue weighted by Crippen LogP contribution is 2.43. The average molecular weight is 1230 g/mol. The third-order valence-corrected chi connectivity index (χ3v) is 17.3. The Balaban J connectivity index is 3.82. The zero-order chi connectivity index (χ0) is 62.3. The van der Waals surface area contributed by atoms with Crippen molar-refractivity contribution in [1.29, 1.82) is 0 Å². The third kappa shape index (κ3) is 70.5. The first-order valence-electron chi connectivity index (χ1n) is 36.9. The van der Waals surface area contributed by atoms with E-state index in [1.807, 2.05) is 0 Å². The zero-order valence-corrected chi connectivity index (χ0v) is 57.4. The number of unbranched alkanes of at least 4 members (excludes halogenated alkanes) is 45. The summed E-state index contributed by atoms with van der Waals surface area (Å²) in [5.74, 6) is -0.819. The minimum atomic E-state index is -4.40. The molecule has 0 fully saturated rings. The summed E-state index contributed by atoms with van der Waals surface area (Å²) in [4.78, 5) is 35.4. The number of hydrogen-bond donors (Lipinski definition) is 2. The van der Waals surface area contributed by atoms with E-state index in [4.69, 9.17) is 24.3 Å². The maximum Gasteiger partial charge on any atom is 0.472 e. The van der Waals surface area contributed by atoms with Gasteiger partial charge in [-0.1, -0.05) is 363 Å². The molecule has 0 aliphatic carbocycles. The van der Waals surface area contributed by atoms with Crippen molar-refractivity contribution < 1.29 is 37.6 Å². The molecule has 2 atom stereocenters. The fraction of sp³-hybridized carbons (Fsp3) is 0.816. The lowest BCUT2D eigenvalue weighted by atomic mass is 10.0. The molecule has 3 N–H and O–H groups in total. The Morgan fingerprint density at radius 3 is 0.953 bits per heavy atom. The van der Waals surface area contributed by atoms with Crippen LogP contribution in [-0.2, 0) is 32.7 Å². The Bertz CT molecular complexity index is 1640. The second-order valence-corrected chi connectivity index (χ2v) is 26.2. The van der Waals surface area contributed by atoms with Gasteiger partial charge in [-0.2, -0.15) is 0 Å². The number of hydrogen-bond acceptors (Lipinski definition) is 8. The second kappa shape index (κ2) is 71.5. The molecule has 0 aliphatic rings. The number of carbonyl (C=O) groups is 2. The van der Waals surface area contributed by atoms with Gasteiger partial charge in [-0.25, -0.2) is 4.57 Å². The lowest BCUT2D eigenvalue weighted by molar-refractivity contribution is -0.161. The van der Waals surface area contributed by atoms with Crippen molar-refractivity contribution in [3.63, 3.8) is 0 Å². The van der Waals surface area contributed by atoms with E-state index in [-0.39, 0.29) is 38.6 Å². The van der Waals surface area contributed by atoms with E-state index in [2.05, 4.69) is 86.8 Å². The van der Waals surface area contributed by atoms with Crippen LogP contribution in [0.4, 0.5) is 0 Å². The number of ether oxygens (including phenoxy) is 2. The number of carbonyl (C=O) groups excluding carboxylic acids is 2. The fourth-order valence-electron chi connectivity index (χ4n) is 10.9. The van der Waals surface area contributed by atoms with Crippen molar-refractivity contribution in [3.8, 4) is 0 Å². The largest absolute Gasteiger partial charge is 0.472 e. The Morgan fingerprint density at radius 1 is 0.360 bits per heavy atom. The Hall–Kier alpha value is -2.55. The van der Waals surface area contributed by atoms with E-state index in [1.165, 1.54) is 250 Å². The number of allylic oxidation sites excluding steroid dienone is 12. The van der Waals surface area contributed by atoms with Gasteiger partial charge in [-0.05, 0) is 64.2 Å². The van der Waals surface area contributed by atoms with Crippen LogP contribution >= 0.6 is 7.82 Å². The SMILES string of the molecule is CC/C=C\C/C=C\C/C=C\C/C=C\C/C=C\C/C=C\CCCCCCCCCCCCC(=O)OC(COC(=O)CCCCCCCCCCCCCCCCCCCCCCCCCCCCCCCCCCCCCC)COP(=O)(O)OCCN. The zero-order valence-electron chi connectivity index (χ0n) is 56.6. The molecule has 0 rings (SSSR count). The number of phosphoric ester groups is 1. The molecule has 9 nitrogen and oxygen atoms in total. The molecule has 0 aromatic carbocycles. The minimum absolute atomic E-state index is 0.0516. The summed E-state index contributed by atoms with van der Waals surface area (Å²) in [5.41, 5.74) is 5.41. The van der Waals surface area contributed by atoms with Gasteiger partial charge in [0.2, 0.25) is 0 Å².